The molecule has 7 nitrogen and oxygen atoms in total. The number of rotatable bonds is 5. The molecular formula is C20H22ClN5O2. The Labute approximate surface area is 169 Å². The van der Waals surface area contributed by atoms with Gasteiger partial charge >= 0.3 is 6.03 Å². The first-order valence-electron chi connectivity index (χ1n) is 9.18. The van der Waals surface area contributed by atoms with E-state index in [1.54, 1.807) is 47.5 Å². The highest BCUT2D eigenvalue weighted by molar-refractivity contribution is 6.30. The quantitative estimate of drug-likeness (QED) is 0.782. The highest BCUT2D eigenvalue weighted by atomic mass is 35.5. The van der Waals surface area contributed by atoms with Crippen LogP contribution in [0.3, 0.4) is 0 Å². The van der Waals surface area contributed by atoms with Gasteiger partial charge in [-0.1, -0.05) is 11.6 Å². The Kier molecular flexibility index (Phi) is 6.93. The molecule has 28 heavy (non-hydrogen) atoms. The molecule has 8 heteroatoms. The summed E-state index contributed by atoms with van der Waals surface area (Å²) in [6.45, 7) is 3.43. The van der Waals surface area contributed by atoms with Crippen molar-refractivity contribution in [1.29, 1.82) is 5.26 Å². The second kappa shape index (κ2) is 9.81. The van der Waals surface area contributed by atoms with Crippen LogP contribution < -0.4 is 15.0 Å². The van der Waals surface area contributed by atoms with E-state index in [1.807, 2.05) is 0 Å². The Balaban J connectivity index is 1.45. The van der Waals surface area contributed by atoms with E-state index in [0.29, 0.717) is 54.9 Å². The van der Waals surface area contributed by atoms with Gasteiger partial charge in [-0.25, -0.2) is 9.78 Å². The van der Waals surface area contributed by atoms with Crippen molar-refractivity contribution in [2.75, 3.05) is 44.2 Å². The number of amides is 2. The fourth-order valence-electron chi connectivity index (χ4n) is 3.04. The van der Waals surface area contributed by atoms with Crippen LogP contribution in [0.1, 0.15) is 12.0 Å². The topological polar surface area (TPSA) is 81.5 Å². The number of carbonyl (C=O) groups excluding carboxylic acids is 1. The van der Waals surface area contributed by atoms with Crippen LogP contribution in [0.25, 0.3) is 0 Å². The summed E-state index contributed by atoms with van der Waals surface area (Å²) in [4.78, 5) is 20.6. The number of nitriles is 1. The summed E-state index contributed by atoms with van der Waals surface area (Å²) < 4.78 is 5.58. The Morgan fingerprint density at radius 3 is 2.82 bits per heavy atom. The number of pyridine rings is 1. The van der Waals surface area contributed by atoms with Crippen molar-refractivity contribution < 1.29 is 9.53 Å². The van der Waals surface area contributed by atoms with Crippen molar-refractivity contribution >= 4 is 23.4 Å². The average Bonchev–Trinajstić information content (AvgIpc) is 2.98. The Hall–Kier alpha value is -2.98. The van der Waals surface area contributed by atoms with Crippen molar-refractivity contribution in [1.82, 2.24) is 15.2 Å². The number of aromatic nitrogens is 1. The summed E-state index contributed by atoms with van der Waals surface area (Å²) in [5, 5.41) is 12.8. The minimum atomic E-state index is -0.108. The molecule has 1 saturated heterocycles. The molecule has 0 radical (unpaired) electrons. The van der Waals surface area contributed by atoms with Gasteiger partial charge in [-0.3, -0.25) is 0 Å². The van der Waals surface area contributed by atoms with E-state index in [0.717, 1.165) is 13.0 Å². The van der Waals surface area contributed by atoms with E-state index >= 15 is 0 Å². The maximum absolute atomic E-state index is 12.4. The van der Waals surface area contributed by atoms with Crippen molar-refractivity contribution in [3.63, 3.8) is 0 Å². The predicted octanol–water partition coefficient (Wildman–Crippen LogP) is 2.91. The fourth-order valence-corrected chi connectivity index (χ4v) is 3.16. The number of nitrogens with one attached hydrogen (secondary N) is 1. The van der Waals surface area contributed by atoms with Gasteiger partial charge in [0.1, 0.15) is 24.2 Å². The summed E-state index contributed by atoms with van der Waals surface area (Å²) in [6.07, 6.45) is 2.50. The van der Waals surface area contributed by atoms with E-state index in [1.165, 1.54) is 0 Å². The molecular weight excluding hydrogens is 378 g/mol. The number of urea groups is 1. The maximum atomic E-state index is 12.4. The van der Waals surface area contributed by atoms with Gasteiger partial charge in [0.15, 0.2) is 0 Å². The zero-order valence-electron chi connectivity index (χ0n) is 15.5. The molecule has 1 aromatic carbocycles. The summed E-state index contributed by atoms with van der Waals surface area (Å²) in [5.41, 5.74) is 0.555. The van der Waals surface area contributed by atoms with Gasteiger partial charge in [0.25, 0.3) is 0 Å². The van der Waals surface area contributed by atoms with Crippen LogP contribution >= 0.6 is 11.6 Å². The number of benzene rings is 1. The molecule has 1 aromatic heterocycles. The molecule has 2 aromatic rings. The van der Waals surface area contributed by atoms with Crippen LogP contribution in [0.5, 0.6) is 5.75 Å². The normalized spacial score (nSPS) is 14.1. The van der Waals surface area contributed by atoms with E-state index in [4.69, 9.17) is 16.3 Å². The maximum Gasteiger partial charge on any atom is 0.317 e. The first-order chi connectivity index (χ1) is 13.7. The fraction of sp³-hybridized carbons (Fsp3) is 0.350. The first-order valence-corrected chi connectivity index (χ1v) is 9.56. The van der Waals surface area contributed by atoms with Crippen LogP contribution in [-0.4, -0.2) is 55.2 Å². The Morgan fingerprint density at radius 1 is 1.21 bits per heavy atom. The lowest BCUT2D eigenvalue weighted by atomic mass is 10.2. The molecule has 146 valence electrons. The Bertz CT molecular complexity index is 837. The van der Waals surface area contributed by atoms with Gasteiger partial charge in [0.2, 0.25) is 0 Å². The molecule has 2 heterocycles. The van der Waals surface area contributed by atoms with E-state index in [9.17, 15) is 10.1 Å². The van der Waals surface area contributed by atoms with Crippen LogP contribution in [-0.2, 0) is 0 Å². The molecule has 0 aliphatic carbocycles. The number of hydrogen-bond donors (Lipinski definition) is 1. The van der Waals surface area contributed by atoms with Crippen LogP contribution in [0.2, 0.25) is 5.02 Å². The predicted molar refractivity (Wildman–Crippen MR) is 108 cm³/mol. The molecule has 0 bridgehead atoms. The highest BCUT2D eigenvalue weighted by Crippen LogP contribution is 2.18. The highest BCUT2D eigenvalue weighted by Gasteiger charge is 2.21. The van der Waals surface area contributed by atoms with Crippen LogP contribution in [0.4, 0.5) is 10.6 Å². The summed E-state index contributed by atoms with van der Waals surface area (Å²) in [5.74, 6) is 1.40. The lowest BCUT2D eigenvalue weighted by molar-refractivity contribution is 0.198. The van der Waals surface area contributed by atoms with Crippen LogP contribution in [0.15, 0.2) is 42.6 Å². The van der Waals surface area contributed by atoms with Gasteiger partial charge in [0.05, 0.1) is 12.1 Å². The number of halogens is 1. The molecule has 3 rings (SSSR count). The van der Waals surface area contributed by atoms with Gasteiger partial charge in [-0.2, -0.15) is 5.26 Å². The molecule has 1 N–H and O–H groups in total. The molecule has 0 spiro atoms. The number of anilines is 1. The average molecular weight is 400 g/mol. The second-order valence-corrected chi connectivity index (χ2v) is 6.78. The smallest absolute Gasteiger partial charge is 0.317 e. The van der Waals surface area contributed by atoms with Gasteiger partial charge in [0, 0.05) is 37.4 Å². The van der Waals surface area contributed by atoms with E-state index < -0.39 is 0 Å². The Morgan fingerprint density at radius 2 is 2.04 bits per heavy atom. The molecule has 1 aliphatic rings. The summed E-state index contributed by atoms with van der Waals surface area (Å²) in [7, 11) is 0. The minimum Gasteiger partial charge on any atom is -0.492 e. The van der Waals surface area contributed by atoms with E-state index in [2.05, 4.69) is 21.3 Å². The molecule has 1 fully saturated rings. The minimum absolute atomic E-state index is 0.108. The second-order valence-electron chi connectivity index (χ2n) is 6.35. The summed E-state index contributed by atoms with van der Waals surface area (Å²) >= 11 is 5.84. The van der Waals surface area contributed by atoms with Crippen molar-refractivity contribution in [3.05, 3.63) is 53.2 Å². The standard InChI is InChI=1S/C20H22ClN5O2/c21-17-4-6-18(7-5-17)28-14-9-24-20(27)26-11-2-10-25(12-13-26)19-16(15-22)3-1-8-23-19/h1,3-8H,2,9-14H2,(H,24,27). The lowest BCUT2D eigenvalue weighted by Crippen LogP contribution is -2.43. The van der Waals surface area contributed by atoms with Crippen molar-refractivity contribution in [2.45, 2.75) is 6.42 Å². The third-order valence-electron chi connectivity index (χ3n) is 4.45. The van der Waals surface area contributed by atoms with Gasteiger partial charge < -0.3 is 19.9 Å². The summed E-state index contributed by atoms with van der Waals surface area (Å²) in [6, 6.07) is 12.7. The SMILES string of the molecule is N#Cc1cccnc1N1CCCN(C(=O)NCCOc2ccc(Cl)cc2)CC1. The molecule has 0 atom stereocenters. The van der Waals surface area contributed by atoms with Crippen molar-refractivity contribution in [3.8, 4) is 11.8 Å². The largest absolute Gasteiger partial charge is 0.492 e. The molecule has 0 unspecified atom stereocenters. The number of nitrogens with zero attached hydrogens (tertiary/aromatic N) is 4. The number of carbonyl (C=O) groups is 1. The lowest BCUT2D eigenvalue weighted by Gasteiger charge is -2.23. The van der Waals surface area contributed by atoms with E-state index in [-0.39, 0.29) is 6.03 Å². The third kappa shape index (κ3) is 5.27. The van der Waals surface area contributed by atoms with Gasteiger partial charge in [-0.05, 0) is 42.8 Å². The molecule has 1 aliphatic heterocycles. The number of ether oxygens (including phenoxy) is 1. The van der Waals surface area contributed by atoms with Gasteiger partial charge in [-0.15, -0.1) is 0 Å². The molecule has 0 saturated carbocycles. The number of hydrogen-bond acceptors (Lipinski definition) is 5. The zero-order chi connectivity index (χ0) is 19.8. The third-order valence-corrected chi connectivity index (χ3v) is 4.70. The zero-order valence-corrected chi connectivity index (χ0v) is 16.2. The molecule has 2 amide bonds. The first kappa shape index (κ1) is 19.8. The van der Waals surface area contributed by atoms with Crippen molar-refractivity contribution in [2.24, 2.45) is 0 Å². The monoisotopic (exact) mass is 399 g/mol. The van der Waals surface area contributed by atoms with Crippen LogP contribution in [0, 0.1) is 11.3 Å².